The van der Waals surface area contributed by atoms with Crippen LogP contribution in [0.25, 0.3) is 31.9 Å². The topological polar surface area (TPSA) is 56.0 Å². The van der Waals surface area contributed by atoms with Gasteiger partial charge in [0.2, 0.25) is 5.91 Å². The highest BCUT2D eigenvalue weighted by Gasteiger charge is 2.42. The molecule has 0 aliphatic heterocycles. The Morgan fingerprint density at radius 1 is 0.667 bits per heavy atom. The number of rotatable bonds is 20. The lowest BCUT2D eigenvalue weighted by atomic mass is 9.70. The van der Waals surface area contributed by atoms with E-state index in [9.17, 15) is 4.79 Å². The van der Waals surface area contributed by atoms with Crippen molar-refractivity contribution in [1.29, 1.82) is 0 Å². The molecule has 4 aromatic rings. The van der Waals surface area contributed by atoms with Crippen molar-refractivity contribution in [1.82, 2.24) is 4.98 Å². The second kappa shape index (κ2) is 16.5. The van der Waals surface area contributed by atoms with Crippen LogP contribution >= 0.6 is 11.3 Å². The van der Waals surface area contributed by atoms with E-state index in [-0.39, 0.29) is 11.3 Å². The lowest BCUT2D eigenvalue weighted by molar-refractivity contribution is 0.1000. The molecule has 5 rings (SSSR count). The summed E-state index contributed by atoms with van der Waals surface area (Å²) < 4.78 is 1.23. The second-order valence-corrected chi connectivity index (χ2v) is 14.4. The maximum atomic E-state index is 12.4. The van der Waals surface area contributed by atoms with Gasteiger partial charge in [0.25, 0.3) is 0 Å². The van der Waals surface area contributed by atoms with E-state index < -0.39 is 0 Å². The minimum Gasteiger partial charge on any atom is -0.366 e. The highest BCUT2D eigenvalue weighted by Crippen LogP contribution is 2.55. The van der Waals surface area contributed by atoms with Crippen LogP contribution in [0.5, 0.6) is 0 Å². The van der Waals surface area contributed by atoms with Crippen LogP contribution in [0.3, 0.4) is 0 Å². The molecule has 1 aliphatic rings. The minimum atomic E-state index is -0.336. The molecule has 3 aromatic carbocycles. The zero-order valence-corrected chi connectivity index (χ0v) is 28.7. The maximum Gasteiger partial charge on any atom is 0.248 e. The number of benzene rings is 3. The number of hydrogen-bond acceptors (Lipinski definition) is 3. The number of hydrogen-bond donors (Lipinski definition) is 1. The molecule has 3 nitrogen and oxygen atoms in total. The van der Waals surface area contributed by atoms with Gasteiger partial charge in [-0.3, -0.25) is 4.79 Å². The second-order valence-electron chi connectivity index (χ2n) is 13.4. The fourth-order valence-electron chi connectivity index (χ4n) is 7.56. The first-order valence-electron chi connectivity index (χ1n) is 18.0. The first-order valence-corrected chi connectivity index (χ1v) is 18.8. The van der Waals surface area contributed by atoms with Gasteiger partial charge in [-0.15, -0.1) is 11.3 Å². The Bertz CT molecular complexity index is 1480. The van der Waals surface area contributed by atoms with Crippen LogP contribution in [-0.2, 0) is 5.41 Å². The fraction of sp³-hybridized carbons (Fsp3) is 0.512. The van der Waals surface area contributed by atoms with E-state index in [1.807, 2.05) is 6.07 Å². The number of unbranched alkanes of at least 4 members (excludes halogenated alkanes) is 14. The van der Waals surface area contributed by atoms with Gasteiger partial charge >= 0.3 is 0 Å². The number of carbonyl (C=O) groups is 1. The number of aromatic nitrogens is 1. The predicted octanol–water partition coefficient (Wildman–Crippen LogP) is 12.4. The quantitative estimate of drug-likeness (QED) is 0.0997. The monoisotopic (exact) mass is 622 g/mol. The molecular formula is C41H54N2OS. The van der Waals surface area contributed by atoms with Crippen molar-refractivity contribution >= 4 is 27.5 Å². The summed E-state index contributed by atoms with van der Waals surface area (Å²) in [5.74, 6) is -0.336. The van der Waals surface area contributed by atoms with Crippen LogP contribution in [0.4, 0.5) is 0 Å². The van der Waals surface area contributed by atoms with Gasteiger partial charge in [0.1, 0.15) is 5.01 Å². The van der Waals surface area contributed by atoms with Crippen LogP contribution in [0.1, 0.15) is 151 Å². The zero-order valence-electron chi connectivity index (χ0n) is 27.8. The average Bonchev–Trinajstić information content (AvgIpc) is 3.61. The predicted molar refractivity (Wildman–Crippen MR) is 194 cm³/mol. The Kier molecular flexibility index (Phi) is 12.3. The van der Waals surface area contributed by atoms with E-state index in [1.54, 1.807) is 11.3 Å². The largest absolute Gasteiger partial charge is 0.366 e. The summed E-state index contributed by atoms with van der Waals surface area (Å²) in [7, 11) is 0. The molecule has 240 valence electrons. The third kappa shape index (κ3) is 8.06. The van der Waals surface area contributed by atoms with E-state index >= 15 is 0 Å². The number of nitrogens with zero attached hydrogens (tertiary/aromatic N) is 1. The van der Waals surface area contributed by atoms with Gasteiger partial charge in [-0.05, 0) is 65.4 Å². The van der Waals surface area contributed by atoms with Gasteiger partial charge in [-0.2, -0.15) is 0 Å². The van der Waals surface area contributed by atoms with E-state index in [1.165, 1.54) is 135 Å². The molecule has 1 amide bonds. The number of para-hydroxylation sites is 1. The van der Waals surface area contributed by atoms with Gasteiger partial charge in [0.15, 0.2) is 0 Å². The number of amides is 1. The number of primary amides is 1. The molecule has 0 bridgehead atoms. The number of carbonyl (C=O) groups excluding carboxylic acids is 1. The molecule has 0 radical (unpaired) electrons. The molecule has 0 saturated carbocycles. The standard InChI is InChI=1S/C41H54N2OS/c1-3-5-7-9-11-13-15-19-27-41(28-20-16-14-12-10-8-6-4-2)35-29-31(39(42)44)23-25-33(35)34-26-24-32(30-36(34)41)40-43-37-21-17-18-22-38(37)45-40/h17-18,21-26,29-30H,3-16,19-20,27-28H2,1-2H3,(H2,42,44). The van der Waals surface area contributed by atoms with E-state index in [0.29, 0.717) is 5.56 Å². The third-order valence-electron chi connectivity index (χ3n) is 10.1. The normalized spacial score (nSPS) is 13.3. The molecule has 0 unspecified atom stereocenters. The van der Waals surface area contributed by atoms with Gasteiger partial charge in [-0.25, -0.2) is 4.98 Å². The van der Waals surface area contributed by atoms with Gasteiger partial charge in [0, 0.05) is 16.5 Å². The van der Waals surface area contributed by atoms with Crippen molar-refractivity contribution in [3.05, 3.63) is 77.4 Å². The summed E-state index contributed by atoms with van der Waals surface area (Å²) in [6.07, 6.45) is 23.2. The van der Waals surface area contributed by atoms with Crippen LogP contribution in [0.15, 0.2) is 60.7 Å². The molecule has 1 aromatic heterocycles. The van der Waals surface area contributed by atoms with Gasteiger partial charge < -0.3 is 5.73 Å². The van der Waals surface area contributed by atoms with Gasteiger partial charge in [0.05, 0.1) is 10.2 Å². The lowest BCUT2D eigenvalue weighted by Gasteiger charge is -2.33. The molecule has 4 heteroatoms. The highest BCUT2D eigenvalue weighted by atomic mass is 32.1. The van der Waals surface area contributed by atoms with Crippen molar-refractivity contribution < 1.29 is 4.79 Å². The first-order chi connectivity index (χ1) is 22.1. The van der Waals surface area contributed by atoms with Crippen molar-refractivity contribution in [2.45, 2.75) is 135 Å². The van der Waals surface area contributed by atoms with Crippen molar-refractivity contribution in [2.24, 2.45) is 5.73 Å². The van der Waals surface area contributed by atoms with Crippen molar-refractivity contribution in [2.75, 3.05) is 0 Å². The third-order valence-corrected chi connectivity index (χ3v) is 11.2. The lowest BCUT2D eigenvalue weighted by Crippen LogP contribution is -2.26. The summed E-state index contributed by atoms with van der Waals surface area (Å²) in [5.41, 5.74) is 14.0. The Morgan fingerprint density at radius 2 is 1.20 bits per heavy atom. The van der Waals surface area contributed by atoms with Crippen LogP contribution in [-0.4, -0.2) is 10.9 Å². The molecule has 0 fully saturated rings. The molecule has 1 aliphatic carbocycles. The molecule has 0 atom stereocenters. The van der Waals surface area contributed by atoms with Gasteiger partial charge in [-0.1, -0.05) is 147 Å². The number of nitrogens with two attached hydrogens (primary N) is 1. The Hall–Kier alpha value is -2.98. The number of thiazole rings is 1. The van der Waals surface area contributed by atoms with E-state index in [4.69, 9.17) is 10.7 Å². The smallest absolute Gasteiger partial charge is 0.248 e. The summed E-state index contributed by atoms with van der Waals surface area (Å²) in [5, 5.41) is 1.08. The molecule has 0 saturated heterocycles. The van der Waals surface area contributed by atoms with Crippen molar-refractivity contribution in [3.63, 3.8) is 0 Å². The Labute approximate surface area is 276 Å². The summed E-state index contributed by atoms with van der Waals surface area (Å²) in [6, 6.07) is 21.7. The molecule has 45 heavy (non-hydrogen) atoms. The number of fused-ring (bicyclic) bond motifs is 4. The SMILES string of the molecule is CCCCCCCCCCC1(CCCCCCCCCC)c2cc(C(N)=O)ccc2-c2ccc(-c3nc4ccccc4s3)cc21. The fourth-order valence-corrected chi connectivity index (χ4v) is 8.52. The van der Waals surface area contributed by atoms with Crippen LogP contribution in [0.2, 0.25) is 0 Å². The zero-order chi connectivity index (χ0) is 31.5. The Balaban J connectivity index is 1.45. The molecule has 2 N–H and O–H groups in total. The Morgan fingerprint density at radius 3 is 1.78 bits per heavy atom. The maximum absolute atomic E-state index is 12.4. The van der Waals surface area contributed by atoms with Crippen LogP contribution in [0, 0.1) is 0 Å². The van der Waals surface area contributed by atoms with Crippen LogP contribution < -0.4 is 5.73 Å². The molecule has 1 heterocycles. The summed E-state index contributed by atoms with van der Waals surface area (Å²) >= 11 is 1.78. The van der Waals surface area contributed by atoms with E-state index in [2.05, 4.69) is 68.4 Å². The first kappa shape index (κ1) is 33.4. The summed E-state index contributed by atoms with van der Waals surface area (Å²) in [4.78, 5) is 17.5. The average molecular weight is 623 g/mol. The minimum absolute atomic E-state index is 0.104. The summed E-state index contributed by atoms with van der Waals surface area (Å²) in [6.45, 7) is 4.57. The highest BCUT2D eigenvalue weighted by molar-refractivity contribution is 7.21. The molecular weight excluding hydrogens is 569 g/mol. The van der Waals surface area contributed by atoms with Crippen molar-refractivity contribution in [3.8, 4) is 21.7 Å². The molecule has 0 spiro atoms. The van der Waals surface area contributed by atoms with E-state index in [0.717, 1.165) is 23.4 Å².